The normalized spacial score (nSPS) is 18.4. The number of thiazole rings is 1. The SMILES string of the molecule is CC(C)c1nc2c(s1)NC=c1cccnc1=C2N1CCN(C)C(CCc2ccc(F)cc2)C1. The van der Waals surface area contributed by atoms with Crippen molar-refractivity contribution >= 4 is 28.2 Å². The average molecular weight is 464 g/mol. The summed E-state index contributed by atoms with van der Waals surface area (Å²) in [4.78, 5) is 14.8. The molecule has 3 aromatic rings. The van der Waals surface area contributed by atoms with Crippen LogP contribution in [-0.2, 0) is 6.42 Å². The van der Waals surface area contributed by atoms with Crippen molar-refractivity contribution in [2.75, 3.05) is 32.0 Å². The first-order chi connectivity index (χ1) is 16.0. The highest BCUT2D eigenvalue weighted by Crippen LogP contribution is 2.35. The molecule has 1 unspecified atom stereocenters. The first-order valence-electron chi connectivity index (χ1n) is 11.6. The van der Waals surface area contributed by atoms with E-state index in [1.807, 2.05) is 24.4 Å². The van der Waals surface area contributed by atoms with Gasteiger partial charge in [-0.1, -0.05) is 26.0 Å². The minimum Gasteiger partial charge on any atom is -0.365 e. The van der Waals surface area contributed by atoms with E-state index < -0.39 is 0 Å². The minimum atomic E-state index is -0.180. The van der Waals surface area contributed by atoms with Crippen LogP contribution in [0.4, 0.5) is 9.39 Å². The molecule has 5 nitrogen and oxygen atoms in total. The van der Waals surface area contributed by atoms with Crippen molar-refractivity contribution in [1.82, 2.24) is 19.8 Å². The summed E-state index contributed by atoms with van der Waals surface area (Å²) < 4.78 is 13.3. The molecule has 1 fully saturated rings. The average Bonchev–Trinajstić information content (AvgIpc) is 3.17. The largest absolute Gasteiger partial charge is 0.365 e. The zero-order chi connectivity index (χ0) is 22.9. The number of aromatic nitrogens is 2. The van der Waals surface area contributed by atoms with Gasteiger partial charge < -0.3 is 10.2 Å². The second-order valence-corrected chi connectivity index (χ2v) is 10.2. The van der Waals surface area contributed by atoms with Crippen LogP contribution in [0.3, 0.4) is 0 Å². The molecule has 0 saturated carbocycles. The summed E-state index contributed by atoms with van der Waals surface area (Å²) >= 11 is 1.74. The lowest BCUT2D eigenvalue weighted by Gasteiger charge is -2.41. The third-order valence-corrected chi connectivity index (χ3v) is 7.84. The molecule has 7 heteroatoms. The predicted octanol–water partition coefficient (Wildman–Crippen LogP) is 3.37. The lowest BCUT2D eigenvalue weighted by atomic mass is 10.0. The van der Waals surface area contributed by atoms with Gasteiger partial charge >= 0.3 is 0 Å². The third kappa shape index (κ3) is 4.52. The van der Waals surface area contributed by atoms with Crippen molar-refractivity contribution in [3.8, 4) is 0 Å². The number of hydrogen-bond acceptors (Lipinski definition) is 6. The van der Waals surface area contributed by atoms with Crippen LogP contribution in [0.5, 0.6) is 0 Å². The third-order valence-electron chi connectivity index (χ3n) is 6.56. The summed E-state index contributed by atoms with van der Waals surface area (Å²) in [7, 11) is 2.21. The number of nitrogens with one attached hydrogen (secondary N) is 1. The van der Waals surface area contributed by atoms with Crippen LogP contribution < -0.4 is 15.9 Å². The molecule has 2 aliphatic rings. The van der Waals surface area contributed by atoms with Gasteiger partial charge in [-0.2, -0.15) is 0 Å². The van der Waals surface area contributed by atoms with E-state index in [4.69, 9.17) is 9.97 Å². The number of hydrogen-bond donors (Lipinski definition) is 1. The molecule has 33 heavy (non-hydrogen) atoms. The molecule has 1 aromatic carbocycles. The summed E-state index contributed by atoms with van der Waals surface area (Å²) in [5.41, 5.74) is 3.32. The summed E-state index contributed by atoms with van der Waals surface area (Å²) in [6.45, 7) is 7.21. The fourth-order valence-electron chi connectivity index (χ4n) is 4.57. The Kier molecular flexibility index (Phi) is 6.17. The van der Waals surface area contributed by atoms with E-state index in [0.29, 0.717) is 12.0 Å². The molecule has 5 rings (SSSR count). The van der Waals surface area contributed by atoms with E-state index in [1.54, 1.807) is 23.5 Å². The molecule has 0 aliphatic carbocycles. The Morgan fingerprint density at radius 3 is 2.79 bits per heavy atom. The van der Waals surface area contributed by atoms with Gasteiger partial charge in [0.05, 0.1) is 16.1 Å². The van der Waals surface area contributed by atoms with E-state index in [-0.39, 0.29) is 5.82 Å². The summed E-state index contributed by atoms with van der Waals surface area (Å²) in [6.07, 6.45) is 5.88. The lowest BCUT2D eigenvalue weighted by molar-refractivity contribution is 0.127. The quantitative estimate of drug-likeness (QED) is 0.629. The number of pyridine rings is 1. The highest BCUT2D eigenvalue weighted by atomic mass is 32.1. The van der Waals surface area contributed by atoms with Crippen LogP contribution in [-0.4, -0.2) is 52.5 Å². The van der Waals surface area contributed by atoms with Crippen molar-refractivity contribution in [2.45, 2.75) is 38.6 Å². The second-order valence-electron chi connectivity index (χ2n) is 9.21. The molecule has 172 valence electrons. The molecule has 1 atom stereocenters. The van der Waals surface area contributed by atoms with Crippen molar-refractivity contribution in [1.29, 1.82) is 0 Å². The maximum Gasteiger partial charge on any atom is 0.124 e. The summed E-state index contributed by atoms with van der Waals surface area (Å²) in [5.74, 6) is 0.199. The van der Waals surface area contributed by atoms with Crippen LogP contribution in [0.25, 0.3) is 11.9 Å². The maximum absolute atomic E-state index is 13.3. The van der Waals surface area contributed by atoms with Crippen molar-refractivity contribution in [2.24, 2.45) is 0 Å². The predicted molar refractivity (Wildman–Crippen MR) is 133 cm³/mol. The number of nitrogens with zero attached hydrogens (tertiary/aromatic N) is 4. The van der Waals surface area contributed by atoms with Gasteiger partial charge in [0, 0.05) is 49.2 Å². The second kappa shape index (κ2) is 9.23. The van der Waals surface area contributed by atoms with Crippen LogP contribution in [0.15, 0.2) is 42.6 Å². The molecule has 0 radical (unpaired) electrons. The maximum atomic E-state index is 13.3. The number of fused-ring (bicyclic) bond motifs is 2. The van der Waals surface area contributed by atoms with Crippen molar-refractivity contribution in [3.63, 3.8) is 0 Å². The van der Waals surface area contributed by atoms with Crippen LogP contribution in [0.2, 0.25) is 0 Å². The number of piperazine rings is 1. The smallest absolute Gasteiger partial charge is 0.124 e. The topological polar surface area (TPSA) is 44.3 Å². The molecule has 0 spiro atoms. The number of halogens is 1. The Morgan fingerprint density at radius 2 is 2.00 bits per heavy atom. The van der Waals surface area contributed by atoms with Gasteiger partial charge in [0.2, 0.25) is 0 Å². The van der Waals surface area contributed by atoms with Crippen molar-refractivity contribution < 1.29 is 4.39 Å². The molecular formula is C26H30FN5S. The highest BCUT2D eigenvalue weighted by molar-refractivity contribution is 7.16. The molecule has 2 aliphatic heterocycles. The molecule has 1 N–H and O–H groups in total. The number of aryl methyl sites for hydroxylation is 1. The van der Waals surface area contributed by atoms with E-state index in [9.17, 15) is 4.39 Å². The van der Waals surface area contributed by atoms with Crippen LogP contribution in [0.1, 0.15) is 42.5 Å². The van der Waals surface area contributed by atoms with Gasteiger partial charge in [-0.3, -0.25) is 9.88 Å². The van der Waals surface area contributed by atoms with Crippen LogP contribution >= 0.6 is 11.3 Å². The van der Waals surface area contributed by atoms with Gasteiger partial charge in [-0.05, 0) is 49.7 Å². The monoisotopic (exact) mass is 463 g/mol. The summed E-state index contributed by atoms with van der Waals surface area (Å²) in [5, 5.41) is 7.81. The lowest BCUT2D eigenvalue weighted by Crippen LogP contribution is -2.52. The van der Waals surface area contributed by atoms with Gasteiger partial charge in [-0.15, -0.1) is 11.3 Å². The Bertz CT molecular complexity index is 1250. The summed E-state index contributed by atoms with van der Waals surface area (Å²) in [6, 6.07) is 11.4. The molecular weight excluding hydrogens is 433 g/mol. The fourth-order valence-corrected chi connectivity index (χ4v) is 5.51. The Balaban J connectivity index is 1.48. The first kappa shape index (κ1) is 22.0. The molecule has 0 amide bonds. The molecule has 2 aromatic heterocycles. The van der Waals surface area contributed by atoms with E-state index >= 15 is 0 Å². The number of rotatable bonds is 5. The fraction of sp³-hybridized carbons (Fsp3) is 0.385. The number of benzene rings is 1. The van der Waals surface area contributed by atoms with Crippen LogP contribution in [0, 0.1) is 5.82 Å². The van der Waals surface area contributed by atoms with Gasteiger partial charge in [0.25, 0.3) is 0 Å². The minimum absolute atomic E-state index is 0.180. The van der Waals surface area contributed by atoms with E-state index in [2.05, 4.69) is 48.3 Å². The zero-order valence-corrected chi connectivity index (χ0v) is 20.2. The molecule has 4 heterocycles. The van der Waals surface area contributed by atoms with Gasteiger partial charge in [-0.25, -0.2) is 9.37 Å². The van der Waals surface area contributed by atoms with E-state index in [0.717, 1.165) is 64.4 Å². The first-order valence-corrected chi connectivity index (χ1v) is 12.4. The van der Waals surface area contributed by atoms with Gasteiger partial charge in [0.1, 0.15) is 16.5 Å². The Labute approximate surface area is 198 Å². The Hall–Kier alpha value is -2.77. The number of likely N-dealkylation sites (N-methyl/N-ethyl adjacent to an activating group) is 1. The number of anilines is 1. The van der Waals surface area contributed by atoms with Gasteiger partial charge in [0.15, 0.2) is 0 Å². The Morgan fingerprint density at radius 1 is 1.18 bits per heavy atom. The molecule has 1 saturated heterocycles. The van der Waals surface area contributed by atoms with E-state index in [1.165, 1.54) is 5.56 Å². The van der Waals surface area contributed by atoms with Crippen molar-refractivity contribution in [3.05, 3.63) is 75.2 Å². The standard InChI is InChI=1S/C26H30FN5S/c1-17(2)25-30-23-24(22-19(5-4-12-28-22)15-29-26(23)33-25)32-14-13-31(3)21(16-32)11-8-18-6-9-20(27)10-7-18/h4-7,9-10,12,15,17,21,29H,8,11,13-14,16H2,1-3H3. The highest BCUT2D eigenvalue weighted by Gasteiger charge is 2.30. The zero-order valence-electron chi connectivity index (χ0n) is 19.4. The molecule has 0 bridgehead atoms.